The Hall–Kier alpha value is -3.22. The Morgan fingerprint density at radius 3 is 2.56 bits per heavy atom. The minimum atomic E-state index is -0.717. The molecule has 0 unspecified atom stereocenters. The number of aliphatic carboxylic acids is 1. The topological polar surface area (TPSA) is 83.8 Å². The fourth-order valence-electron chi connectivity index (χ4n) is 5.21. The molecule has 0 atom stereocenters. The molecule has 3 heterocycles. The van der Waals surface area contributed by atoms with Crippen molar-refractivity contribution < 1.29 is 14.3 Å². The van der Waals surface area contributed by atoms with Gasteiger partial charge in [-0.3, -0.25) is 9.89 Å². The van der Waals surface area contributed by atoms with Gasteiger partial charge in [0.25, 0.3) is 0 Å². The predicted molar refractivity (Wildman–Crippen MR) is 122 cm³/mol. The van der Waals surface area contributed by atoms with Crippen LogP contribution in [0.5, 0.6) is 0 Å². The predicted octanol–water partition coefficient (Wildman–Crippen LogP) is 5.91. The average Bonchev–Trinajstić information content (AvgIpc) is 3.35. The second kappa shape index (κ2) is 7.43. The van der Waals surface area contributed by atoms with E-state index in [-0.39, 0.29) is 17.7 Å². The molecule has 2 N–H and O–H groups in total. The third-order valence-corrected chi connectivity index (χ3v) is 7.06. The summed E-state index contributed by atoms with van der Waals surface area (Å²) in [7, 11) is 0. The van der Waals surface area contributed by atoms with E-state index in [0.29, 0.717) is 12.8 Å². The van der Waals surface area contributed by atoms with Crippen LogP contribution in [0.4, 0.5) is 4.39 Å². The summed E-state index contributed by atoms with van der Waals surface area (Å²) in [6, 6.07) is 8.64. The molecular weight excluding hydrogens is 407 g/mol. The van der Waals surface area contributed by atoms with E-state index in [4.69, 9.17) is 4.98 Å². The third kappa shape index (κ3) is 3.18. The maximum atomic E-state index is 13.7. The highest BCUT2D eigenvalue weighted by Crippen LogP contribution is 2.48. The van der Waals surface area contributed by atoms with Crippen LogP contribution in [-0.2, 0) is 4.79 Å². The van der Waals surface area contributed by atoms with E-state index in [0.717, 1.165) is 46.3 Å². The van der Waals surface area contributed by atoms with Crippen LogP contribution in [0.1, 0.15) is 69.5 Å². The number of carbonyl (C=O) groups is 1. The molecule has 3 aromatic heterocycles. The molecule has 1 aromatic carbocycles. The molecule has 0 aliphatic heterocycles. The van der Waals surface area contributed by atoms with E-state index in [9.17, 15) is 14.3 Å². The summed E-state index contributed by atoms with van der Waals surface area (Å²) in [5.41, 5.74) is 5.17. The first-order chi connectivity index (χ1) is 15.3. The summed E-state index contributed by atoms with van der Waals surface area (Å²) >= 11 is 0. The van der Waals surface area contributed by atoms with Gasteiger partial charge in [0.1, 0.15) is 5.82 Å². The molecule has 7 heteroatoms. The number of rotatable bonds is 4. The number of nitrogens with zero attached hydrogens (tertiary/aromatic N) is 3. The van der Waals surface area contributed by atoms with Gasteiger partial charge < -0.3 is 9.67 Å². The molecule has 4 aromatic rings. The Labute approximate surface area is 185 Å². The molecule has 1 aliphatic rings. The minimum Gasteiger partial charge on any atom is -0.481 e. The largest absolute Gasteiger partial charge is 0.481 e. The van der Waals surface area contributed by atoms with Crippen molar-refractivity contribution in [2.75, 3.05) is 0 Å². The number of aromatic amines is 1. The molecule has 0 saturated heterocycles. The van der Waals surface area contributed by atoms with E-state index >= 15 is 0 Å². The second-order valence-electron chi connectivity index (χ2n) is 9.57. The van der Waals surface area contributed by atoms with Crippen molar-refractivity contribution in [3.8, 4) is 5.69 Å². The number of benzene rings is 1. The molecule has 166 valence electrons. The summed E-state index contributed by atoms with van der Waals surface area (Å²) < 4.78 is 15.9. The molecule has 32 heavy (non-hydrogen) atoms. The number of H-pyrrole nitrogens is 1. The maximum absolute atomic E-state index is 13.7. The van der Waals surface area contributed by atoms with Crippen molar-refractivity contribution in [3.05, 3.63) is 53.6 Å². The number of carboxylic acid groups (broad SMARTS) is 1. The summed E-state index contributed by atoms with van der Waals surface area (Å²) in [6.07, 6.45) is 4.64. The van der Waals surface area contributed by atoms with Gasteiger partial charge in [0.05, 0.1) is 22.6 Å². The van der Waals surface area contributed by atoms with Crippen molar-refractivity contribution in [2.24, 2.45) is 5.41 Å². The average molecular weight is 435 g/mol. The zero-order valence-electron chi connectivity index (χ0n) is 18.5. The van der Waals surface area contributed by atoms with Crippen LogP contribution in [0.2, 0.25) is 0 Å². The Morgan fingerprint density at radius 1 is 1.25 bits per heavy atom. The maximum Gasteiger partial charge on any atom is 0.309 e. The Bertz CT molecular complexity index is 1310. The van der Waals surface area contributed by atoms with Gasteiger partial charge in [-0.05, 0) is 74.8 Å². The molecule has 1 saturated carbocycles. The smallest absolute Gasteiger partial charge is 0.309 e. The number of halogens is 1. The van der Waals surface area contributed by atoms with Crippen LogP contribution >= 0.6 is 0 Å². The van der Waals surface area contributed by atoms with Crippen molar-refractivity contribution in [3.63, 3.8) is 0 Å². The first-order valence-corrected chi connectivity index (χ1v) is 11.2. The van der Waals surface area contributed by atoms with Crippen LogP contribution < -0.4 is 0 Å². The Kier molecular flexibility index (Phi) is 4.80. The molecule has 5 rings (SSSR count). The van der Waals surface area contributed by atoms with E-state index < -0.39 is 11.4 Å². The fraction of sp³-hybridized carbons (Fsp3) is 0.400. The lowest BCUT2D eigenvalue weighted by atomic mass is 9.69. The summed E-state index contributed by atoms with van der Waals surface area (Å²) in [6.45, 7) is 6.17. The number of hydrogen-bond acceptors (Lipinski definition) is 3. The molecule has 0 radical (unpaired) electrons. The first-order valence-electron chi connectivity index (χ1n) is 11.2. The van der Waals surface area contributed by atoms with Crippen LogP contribution in [0, 0.1) is 11.2 Å². The number of aromatic nitrogens is 4. The number of fused-ring (bicyclic) bond motifs is 2. The first kappa shape index (κ1) is 20.7. The second-order valence-corrected chi connectivity index (χ2v) is 9.57. The SMILES string of the molecule is CC(C)c1c([C@H]2CC[C@](C)(C(=O)O)CC2)c2nc3[nH]ncc3cc2n1-c1ccc(F)cc1. The lowest BCUT2D eigenvalue weighted by molar-refractivity contribution is -0.149. The van der Waals surface area contributed by atoms with Gasteiger partial charge in [-0.2, -0.15) is 5.10 Å². The minimum absolute atomic E-state index is 0.202. The van der Waals surface area contributed by atoms with Crippen LogP contribution in [0.15, 0.2) is 36.5 Å². The molecule has 1 aliphatic carbocycles. The zero-order valence-corrected chi connectivity index (χ0v) is 18.5. The molecule has 0 amide bonds. The van der Waals surface area contributed by atoms with Gasteiger partial charge >= 0.3 is 5.97 Å². The highest BCUT2D eigenvalue weighted by atomic mass is 19.1. The lowest BCUT2D eigenvalue weighted by Gasteiger charge is -2.34. The third-order valence-electron chi connectivity index (χ3n) is 7.06. The highest BCUT2D eigenvalue weighted by molar-refractivity contribution is 5.93. The quantitative estimate of drug-likeness (QED) is 0.418. The molecular formula is C25H27FN4O2. The van der Waals surface area contributed by atoms with Crippen LogP contribution in [0.25, 0.3) is 27.8 Å². The monoisotopic (exact) mass is 434 g/mol. The number of pyridine rings is 1. The number of carboxylic acids is 1. The lowest BCUT2D eigenvalue weighted by Crippen LogP contribution is -2.32. The van der Waals surface area contributed by atoms with Crippen molar-refractivity contribution >= 4 is 28.0 Å². The zero-order chi connectivity index (χ0) is 22.6. The molecule has 6 nitrogen and oxygen atoms in total. The number of nitrogens with one attached hydrogen (secondary N) is 1. The molecule has 1 fully saturated rings. The fourth-order valence-corrected chi connectivity index (χ4v) is 5.21. The van der Waals surface area contributed by atoms with E-state index in [1.54, 1.807) is 18.3 Å². The summed E-state index contributed by atoms with van der Waals surface area (Å²) in [4.78, 5) is 16.7. The normalized spacial score (nSPS) is 21.6. The van der Waals surface area contributed by atoms with Gasteiger partial charge in [-0.15, -0.1) is 0 Å². The van der Waals surface area contributed by atoms with Crippen molar-refractivity contribution in [1.82, 2.24) is 19.7 Å². The standard InChI is InChI=1S/C25H27FN4O2/c1-14(2)22-20(15-8-10-25(3,11-9-15)24(31)32)21-19(12-16-13-27-29-23(16)28-21)30(22)18-6-4-17(26)5-7-18/h4-7,12-15H,8-11H2,1-3H3,(H,31,32)(H,27,28,29)/t15-,25-. The highest BCUT2D eigenvalue weighted by Gasteiger charge is 2.40. The van der Waals surface area contributed by atoms with Gasteiger partial charge in [0.2, 0.25) is 0 Å². The van der Waals surface area contributed by atoms with Crippen molar-refractivity contribution in [1.29, 1.82) is 0 Å². The van der Waals surface area contributed by atoms with E-state index in [1.807, 2.05) is 6.92 Å². The Balaban J connectivity index is 1.75. The molecule has 0 spiro atoms. The van der Waals surface area contributed by atoms with Gasteiger partial charge in [0, 0.05) is 22.3 Å². The van der Waals surface area contributed by atoms with Crippen LogP contribution in [-0.4, -0.2) is 30.8 Å². The Morgan fingerprint density at radius 2 is 1.94 bits per heavy atom. The summed E-state index contributed by atoms with van der Waals surface area (Å²) in [5, 5.41) is 17.7. The van der Waals surface area contributed by atoms with E-state index in [1.165, 1.54) is 17.7 Å². The van der Waals surface area contributed by atoms with Crippen molar-refractivity contribution in [2.45, 2.75) is 58.3 Å². The van der Waals surface area contributed by atoms with Crippen LogP contribution in [0.3, 0.4) is 0 Å². The van der Waals surface area contributed by atoms with E-state index in [2.05, 4.69) is 34.7 Å². The van der Waals surface area contributed by atoms with Gasteiger partial charge in [-0.25, -0.2) is 9.37 Å². The van der Waals surface area contributed by atoms with Gasteiger partial charge in [0.15, 0.2) is 5.65 Å². The van der Waals surface area contributed by atoms with Gasteiger partial charge in [-0.1, -0.05) is 13.8 Å². The summed E-state index contributed by atoms with van der Waals surface area (Å²) in [5.74, 6) is -0.566. The molecule has 0 bridgehead atoms. The number of hydrogen-bond donors (Lipinski definition) is 2.